The van der Waals surface area contributed by atoms with Gasteiger partial charge >= 0.3 is 0 Å². The molecule has 1 aromatic heterocycles. The van der Waals surface area contributed by atoms with E-state index in [2.05, 4.69) is 52.1 Å². The Morgan fingerprint density at radius 1 is 1.25 bits per heavy atom. The maximum atomic E-state index is 4.42. The largest absolute Gasteiger partial charge is 0.298 e. The number of hydrogen-bond donors (Lipinski definition) is 0. The highest BCUT2D eigenvalue weighted by Crippen LogP contribution is 2.26. The van der Waals surface area contributed by atoms with Gasteiger partial charge in [-0.05, 0) is 43.5 Å². The van der Waals surface area contributed by atoms with Crippen LogP contribution in [0.4, 0.5) is 0 Å². The van der Waals surface area contributed by atoms with Crippen LogP contribution in [-0.4, -0.2) is 28.0 Å². The van der Waals surface area contributed by atoms with Gasteiger partial charge in [-0.1, -0.05) is 24.3 Å². The van der Waals surface area contributed by atoms with E-state index in [-0.39, 0.29) is 0 Å². The smallest absolute Gasteiger partial charge is 0.115 e. The van der Waals surface area contributed by atoms with Crippen LogP contribution in [0.15, 0.2) is 42.9 Å². The molecule has 3 nitrogen and oxygen atoms in total. The number of benzene rings is 1. The minimum absolute atomic E-state index is 0.552. The summed E-state index contributed by atoms with van der Waals surface area (Å²) in [5.74, 6) is 0.552. The van der Waals surface area contributed by atoms with Crippen molar-refractivity contribution in [3.8, 4) is 0 Å². The summed E-state index contributed by atoms with van der Waals surface area (Å²) in [6.45, 7) is 5.54. The molecule has 1 fully saturated rings. The van der Waals surface area contributed by atoms with Gasteiger partial charge in [-0.25, -0.2) is 9.97 Å². The Kier molecular flexibility index (Phi) is 4.07. The van der Waals surface area contributed by atoms with Crippen molar-refractivity contribution < 1.29 is 0 Å². The highest BCUT2D eigenvalue weighted by atomic mass is 15.1. The zero-order valence-electron chi connectivity index (χ0n) is 12.0. The molecule has 0 bridgehead atoms. The molecule has 3 rings (SSSR count). The number of rotatable bonds is 3. The minimum Gasteiger partial charge on any atom is -0.298 e. The first-order valence-corrected chi connectivity index (χ1v) is 7.35. The first-order valence-electron chi connectivity index (χ1n) is 7.35. The number of hydrogen-bond acceptors (Lipinski definition) is 3. The minimum atomic E-state index is 0.552. The van der Waals surface area contributed by atoms with E-state index >= 15 is 0 Å². The summed E-state index contributed by atoms with van der Waals surface area (Å²) in [5, 5.41) is 0. The second-order valence-corrected chi connectivity index (χ2v) is 5.63. The summed E-state index contributed by atoms with van der Waals surface area (Å²) in [6.07, 6.45) is 6.00. The van der Waals surface area contributed by atoms with Gasteiger partial charge in [0.25, 0.3) is 0 Å². The Morgan fingerprint density at radius 3 is 2.95 bits per heavy atom. The molecule has 104 valence electrons. The van der Waals surface area contributed by atoms with Gasteiger partial charge in [-0.3, -0.25) is 4.90 Å². The molecule has 1 aliphatic heterocycles. The van der Waals surface area contributed by atoms with Crippen molar-refractivity contribution in [1.82, 2.24) is 14.9 Å². The molecule has 1 unspecified atom stereocenters. The summed E-state index contributed by atoms with van der Waals surface area (Å²) >= 11 is 0. The van der Waals surface area contributed by atoms with Crippen LogP contribution in [0.2, 0.25) is 0 Å². The third kappa shape index (κ3) is 3.05. The lowest BCUT2D eigenvalue weighted by molar-refractivity contribution is 0.198. The summed E-state index contributed by atoms with van der Waals surface area (Å²) in [5.41, 5.74) is 4.02. The molecule has 1 aliphatic rings. The molecule has 0 spiro atoms. The number of piperidine rings is 1. The molecule has 3 heteroatoms. The third-order valence-electron chi connectivity index (χ3n) is 4.18. The summed E-state index contributed by atoms with van der Waals surface area (Å²) in [6, 6.07) is 10.7. The van der Waals surface area contributed by atoms with Crippen LogP contribution in [-0.2, 0) is 6.54 Å². The van der Waals surface area contributed by atoms with E-state index in [9.17, 15) is 0 Å². The molecule has 0 radical (unpaired) electrons. The van der Waals surface area contributed by atoms with Crippen molar-refractivity contribution >= 4 is 0 Å². The van der Waals surface area contributed by atoms with Crippen molar-refractivity contribution in [1.29, 1.82) is 0 Å². The van der Waals surface area contributed by atoms with Crippen molar-refractivity contribution in [3.05, 3.63) is 59.7 Å². The number of nitrogens with zero attached hydrogens (tertiary/aromatic N) is 3. The molecule has 0 saturated carbocycles. The van der Waals surface area contributed by atoms with E-state index in [1.54, 1.807) is 6.33 Å². The van der Waals surface area contributed by atoms with Crippen LogP contribution in [0.3, 0.4) is 0 Å². The van der Waals surface area contributed by atoms with Crippen LogP contribution < -0.4 is 0 Å². The van der Waals surface area contributed by atoms with E-state index < -0.39 is 0 Å². The highest BCUT2D eigenvalue weighted by Gasteiger charge is 2.22. The van der Waals surface area contributed by atoms with E-state index in [0.717, 1.165) is 13.1 Å². The Bertz CT molecular complexity index is 553. The molecule has 1 aromatic carbocycles. The lowest BCUT2D eigenvalue weighted by Gasteiger charge is -2.32. The first-order chi connectivity index (χ1) is 9.83. The van der Waals surface area contributed by atoms with Crippen LogP contribution in [0, 0.1) is 6.92 Å². The quantitative estimate of drug-likeness (QED) is 0.855. The molecule has 20 heavy (non-hydrogen) atoms. The summed E-state index contributed by atoms with van der Waals surface area (Å²) < 4.78 is 0. The van der Waals surface area contributed by atoms with Crippen LogP contribution >= 0.6 is 0 Å². The Balaban J connectivity index is 1.68. The zero-order chi connectivity index (χ0) is 13.8. The van der Waals surface area contributed by atoms with Gasteiger partial charge in [0, 0.05) is 30.9 Å². The normalized spacial score (nSPS) is 19.9. The lowest BCUT2D eigenvalue weighted by Crippen LogP contribution is -2.34. The predicted octanol–water partition coefficient (Wildman–Crippen LogP) is 3.16. The van der Waals surface area contributed by atoms with Crippen LogP contribution in [0.25, 0.3) is 0 Å². The Labute approximate surface area is 120 Å². The van der Waals surface area contributed by atoms with Crippen molar-refractivity contribution in [2.75, 3.05) is 13.1 Å². The number of likely N-dealkylation sites (tertiary alicyclic amines) is 1. The van der Waals surface area contributed by atoms with E-state index in [4.69, 9.17) is 0 Å². The molecule has 1 saturated heterocycles. The molecule has 0 aliphatic carbocycles. The van der Waals surface area contributed by atoms with Gasteiger partial charge in [-0.15, -0.1) is 0 Å². The van der Waals surface area contributed by atoms with Gasteiger partial charge in [0.1, 0.15) is 6.33 Å². The second-order valence-electron chi connectivity index (χ2n) is 5.63. The molecular formula is C17H21N3. The first kappa shape index (κ1) is 13.3. The summed E-state index contributed by atoms with van der Waals surface area (Å²) in [7, 11) is 0. The number of aryl methyl sites for hydroxylation is 1. The average Bonchev–Trinajstić information content (AvgIpc) is 2.51. The van der Waals surface area contributed by atoms with Gasteiger partial charge in [0.2, 0.25) is 0 Å². The van der Waals surface area contributed by atoms with Crippen molar-refractivity contribution in [2.45, 2.75) is 32.2 Å². The van der Waals surface area contributed by atoms with Gasteiger partial charge in [0.15, 0.2) is 0 Å². The van der Waals surface area contributed by atoms with Crippen LogP contribution in [0.5, 0.6) is 0 Å². The fourth-order valence-corrected chi connectivity index (χ4v) is 3.01. The molecule has 0 N–H and O–H groups in total. The van der Waals surface area contributed by atoms with Crippen molar-refractivity contribution in [3.63, 3.8) is 0 Å². The molecule has 0 amide bonds. The lowest BCUT2D eigenvalue weighted by atomic mass is 9.94. The van der Waals surface area contributed by atoms with E-state index in [0.29, 0.717) is 5.92 Å². The monoisotopic (exact) mass is 267 g/mol. The van der Waals surface area contributed by atoms with E-state index in [1.807, 2.05) is 6.20 Å². The standard InChI is InChI=1S/C17H21N3/c1-14-5-2-3-6-15(14)11-20-10-4-7-16(12-20)17-8-9-18-13-19-17/h2-3,5-6,8-9,13,16H,4,7,10-12H2,1H3. The topological polar surface area (TPSA) is 29.0 Å². The third-order valence-corrected chi connectivity index (χ3v) is 4.18. The fourth-order valence-electron chi connectivity index (χ4n) is 3.01. The van der Waals surface area contributed by atoms with Gasteiger partial charge in [-0.2, -0.15) is 0 Å². The predicted molar refractivity (Wildman–Crippen MR) is 80.5 cm³/mol. The molecule has 2 aromatic rings. The van der Waals surface area contributed by atoms with Crippen LogP contribution in [0.1, 0.15) is 35.6 Å². The van der Waals surface area contributed by atoms with Gasteiger partial charge in [0.05, 0.1) is 0 Å². The summed E-state index contributed by atoms with van der Waals surface area (Å²) in [4.78, 5) is 11.0. The second kappa shape index (κ2) is 6.14. The zero-order valence-corrected chi connectivity index (χ0v) is 12.0. The molecule has 2 heterocycles. The van der Waals surface area contributed by atoms with Gasteiger partial charge < -0.3 is 0 Å². The number of aromatic nitrogens is 2. The maximum absolute atomic E-state index is 4.42. The van der Waals surface area contributed by atoms with E-state index in [1.165, 1.54) is 36.2 Å². The Morgan fingerprint density at radius 2 is 2.15 bits per heavy atom. The van der Waals surface area contributed by atoms with Crippen molar-refractivity contribution in [2.24, 2.45) is 0 Å². The fraction of sp³-hybridized carbons (Fsp3) is 0.412. The average molecular weight is 267 g/mol. The highest BCUT2D eigenvalue weighted by molar-refractivity contribution is 5.25. The SMILES string of the molecule is Cc1ccccc1CN1CCCC(c2ccncn2)C1. The molecular weight excluding hydrogens is 246 g/mol. The molecule has 1 atom stereocenters. The maximum Gasteiger partial charge on any atom is 0.115 e. The Hall–Kier alpha value is -1.74.